The van der Waals surface area contributed by atoms with E-state index in [0.29, 0.717) is 0 Å². The number of carbonyl (C=O) groups excluding carboxylic acids is 3. The molecule has 1 aromatic heterocycles. The minimum absolute atomic E-state index is 0.142. The fourth-order valence-electron chi connectivity index (χ4n) is 2.99. The number of anilines is 1. The van der Waals surface area contributed by atoms with Crippen LogP contribution in [0, 0.1) is 13.8 Å². The predicted molar refractivity (Wildman–Crippen MR) is 111 cm³/mol. The van der Waals surface area contributed by atoms with Crippen molar-refractivity contribution in [1.82, 2.24) is 9.88 Å². The molecule has 7 heteroatoms. The lowest BCUT2D eigenvalue weighted by molar-refractivity contribution is -0.136. The molecule has 0 aliphatic heterocycles. The molecule has 2 amide bonds. The quantitative estimate of drug-likeness (QED) is 0.630. The molecular weight excluding hydrogens is 370 g/mol. The van der Waals surface area contributed by atoms with E-state index in [1.54, 1.807) is 6.07 Å². The van der Waals surface area contributed by atoms with E-state index in [2.05, 4.69) is 10.3 Å². The number of fused-ring (bicyclic) bond motifs is 1. The number of aryl methyl sites for hydroxylation is 2. The Morgan fingerprint density at radius 3 is 2.41 bits per heavy atom. The van der Waals surface area contributed by atoms with Gasteiger partial charge in [-0.25, -0.2) is 4.79 Å². The van der Waals surface area contributed by atoms with Crippen molar-refractivity contribution in [3.63, 3.8) is 0 Å². The fourth-order valence-corrected chi connectivity index (χ4v) is 2.99. The van der Waals surface area contributed by atoms with Gasteiger partial charge in [-0.15, -0.1) is 0 Å². The summed E-state index contributed by atoms with van der Waals surface area (Å²) in [6.07, 6.45) is 0. The largest absolute Gasteiger partial charge is 0.451 e. The van der Waals surface area contributed by atoms with Crippen LogP contribution < -0.4 is 5.32 Å². The van der Waals surface area contributed by atoms with Gasteiger partial charge in [-0.2, -0.15) is 0 Å². The summed E-state index contributed by atoms with van der Waals surface area (Å²) in [5.41, 5.74) is 3.71. The average molecular weight is 393 g/mol. The summed E-state index contributed by atoms with van der Waals surface area (Å²) in [5, 5.41) is 3.70. The summed E-state index contributed by atoms with van der Waals surface area (Å²) in [7, 11) is 1.49. The van der Waals surface area contributed by atoms with Crippen molar-refractivity contribution in [2.45, 2.75) is 13.8 Å². The molecule has 0 fully saturated rings. The van der Waals surface area contributed by atoms with E-state index in [9.17, 15) is 14.4 Å². The first-order chi connectivity index (χ1) is 13.8. The van der Waals surface area contributed by atoms with E-state index in [4.69, 9.17) is 4.74 Å². The predicted octanol–water partition coefficient (Wildman–Crippen LogP) is 3.04. The van der Waals surface area contributed by atoms with Gasteiger partial charge in [0.2, 0.25) is 5.91 Å². The first kappa shape index (κ1) is 20.1. The van der Waals surface area contributed by atoms with Crippen molar-refractivity contribution in [2.24, 2.45) is 0 Å². The van der Waals surface area contributed by atoms with Crippen LogP contribution in [0.1, 0.15) is 21.6 Å². The monoisotopic (exact) mass is 393 g/mol. The van der Waals surface area contributed by atoms with Crippen LogP contribution in [0.4, 0.5) is 5.69 Å². The Bertz CT molecular complexity index is 1020. The summed E-state index contributed by atoms with van der Waals surface area (Å²) < 4.78 is 5.09. The van der Waals surface area contributed by atoms with Crippen LogP contribution in [0.15, 0.2) is 48.5 Å². The van der Waals surface area contributed by atoms with Gasteiger partial charge in [-0.05, 0) is 37.1 Å². The second-order valence-electron chi connectivity index (χ2n) is 6.91. The Balaban J connectivity index is 1.52. The molecule has 0 radical (unpaired) electrons. The molecule has 150 valence electrons. The number of rotatable bonds is 6. The first-order valence-electron chi connectivity index (χ1n) is 9.20. The van der Waals surface area contributed by atoms with Gasteiger partial charge < -0.3 is 19.9 Å². The molecule has 7 nitrogen and oxygen atoms in total. The molecule has 0 saturated carbocycles. The fraction of sp³-hybridized carbons (Fsp3) is 0.227. The highest BCUT2D eigenvalue weighted by atomic mass is 16.5. The molecule has 0 aliphatic rings. The van der Waals surface area contributed by atoms with Crippen molar-refractivity contribution in [1.29, 1.82) is 0 Å². The zero-order valence-electron chi connectivity index (χ0n) is 16.6. The molecule has 3 rings (SSSR count). The summed E-state index contributed by atoms with van der Waals surface area (Å²) in [6, 6.07) is 14.8. The van der Waals surface area contributed by atoms with Crippen LogP contribution in [0.5, 0.6) is 0 Å². The number of amides is 2. The molecule has 2 aromatic carbocycles. The van der Waals surface area contributed by atoms with Crippen molar-refractivity contribution >= 4 is 34.4 Å². The van der Waals surface area contributed by atoms with Gasteiger partial charge in [0.25, 0.3) is 5.91 Å². The average Bonchev–Trinajstić information content (AvgIpc) is 3.13. The molecule has 29 heavy (non-hydrogen) atoms. The second-order valence-corrected chi connectivity index (χ2v) is 6.91. The van der Waals surface area contributed by atoms with Crippen LogP contribution in [0.2, 0.25) is 0 Å². The molecule has 1 heterocycles. The number of nitrogens with zero attached hydrogens (tertiary/aromatic N) is 1. The highest BCUT2D eigenvalue weighted by Gasteiger charge is 2.18. The molecule has 0 bridgehead atoms. The van der Waals surface area contributed by atoms with Gasteiger partial charge in [0.1, 0.15) is 5.69 Å². The van der Waals surface area contributed by atoms with E-state index < -0.39 is 18.5 Å². The topological polar surface area (TPSA) is 91.5 Å². The van der Waals surface area contributed by atoms with E-state index in [0.717, 1.165) is 27.7 Å². The van der Waals surface area contributed by atoms with Crippen LogP contribution in [-0.4, -0.2) is 47.9 Å². The number of hydrogen-bond acceptors (Lipinski definition) is 4. The van der Waals surface area contributed by atoms with Gasteiger partial charge >= 0.3 is 5.97 Å². The van der Waals surface area contributed by atoms with Crippen LogP contribution in [0.25, 0.3) is 10.9 Å². The third kappa shape index (κ3) is 4.82. The maximum absolute atomic E-state index is 12.3. The zero-order valence-corrected chi connectivity index (χ0v) is 16.6. The van der Waals surface area contributed by atoms with Gasteiger partial charge in [-0.3, -0.25) is 9.59 Å². The third-order valence-electron chi connectivity index (χ3n) is 4.63. The van der Waals surface area contributed by atoms with Gasteiger partial charge in [0.05, 0.1) is 6.54 Å². The maximum Gasteiger partial charge on any atom is 0.355 e. The zero-order chi connectivity index (χ0) is 21.0. The molecule has 0 spiro atoms. The SMILES string of the molecule is Cc1cccc(C)c1NC(=O)CN(C)C(=O)COC(=O)c1cc2ccccc2[nH]1. The number of para-hydroxylation sites is 2. The van der Waals surface area contributed by atoms with Crippen LogP contribution in [0.3, 0.4) is 0 Å². The molecule has 0 aliphatic carbocycles. The van der Waals surface area contributed by atoms with E-state index in [1.807, 2.05) is 56.3 Å². The van der Waals surface area contributed by atoms with Gasteiger partial charge in [-0.1, -0.05) is 36.4 Å². The minimum Gasteiger partial charge on any atom is -0.451 e. The van der Waals surface area contributed by atoms with Gasteiger partial charge in [0, 0.05) is 23.6 Å². The summed E-state index contributed by atoms with van der Waals surface area (Å²) >= 11 is 0. The second kappa shape index (κ2) is 8.60. The molecule has 3 aromatic rings. The number of H-pyrrole nitrogens is 1. The number of ether oxygens (including phenoxy) is 1. The van der Waals surface area contributed by atoms with E-state index in [1.165, 1.54) is 11.9 Å². The number of nitrogens with one attached hydrogen (secondary N) is 2. The Labute approximate surface area is 168 Å². The summed E-state index contributed by atoms with van der Waals surface area (Å²) in [5.74, 6) is -1.41. The number of aromatic amines is 1. The lowest BCUT2D eigenvalue weighted by Gasteiger charge is -2.18. The number of hydrogen-bond donors (Lipinski definition) is 2. The lowest BCUT2D eigenvalue weighted by Crippen LogP contribution is -2.37. The maximum atomic E-state index is 12.3. The highest BCUT2D eigenvalue weighted by molar-refractivity contribution is 5.97. The Hall–Kier alpha value is -3.61. The van der Waals surface area contributed by atoms with Crippen molar-refractivity contribution < 1.29 is 19.1 Å². The van der Waals surface area contributed by atoms with Crippen molar-refractivity contribution in [3.05, 3.63) is 65.4 Å². The van der Waals surface area contributed by atoms with Crippen molar-refractivity contribution in [3.8, 4) is 0 Å². The Morgan fingerprint density at radius 1 is 1.03 bits per heavy atom. The normalized spacial score (nSPS) is 10.6. The number of benzene rings is 2. The molecular formula is C22H23N3O4. The van der Waals surface area contributed by atoms with E-state index >= 15 is 0 Å². The summed E-state index contributed by atoms with van der Waals surface area (Å²) in [4.78, 5) is 40.9. The van der Waals surface area contributed by atoms with Crippen molar-refractivity contribution in [2.75, 3.05) is 25.5 Å². The lowest BCUT2D eigenvalue weighted by atomic mass is 10.1. The Morgan fingerprint density at radius 2 is 1.72 bits per heavy atom. The minimum atomic E-state index is -0.622. The first-order valence-corrected chi connectivity index (χ1v) is 9.20. The standard InChI is InChI=1S/C22H23N3O4/c1-14-7-6-8-15(2)21(14)24-19(26)12-25(3)20(27)13-29-22(28)18-11-16-9-4-5-10-17(16)23-18/h4-11,23H,12-13H2,1-3H3,(H,24,26). The van der Waals surface area contributed by atoms with E-state index in [-0.39, 0.29) is 18.1 Å². The van der Waals surface area contributed by atoms with Gasteiger partial charge in [0.15, 0.2) is 6.61 Å². The number of carbonyl (C=O) groups is 3. The smallest absolute Gasteiger partial charge is 0.355 e. The molecule has 0 atom stereocenters. The highest BCUT2D eigenvalue weighted by Crippen LogP contribution is 2.19. The Kier molecular flexibility index (Phi) is 5.97. The number of aromatic nitrogens is 1. The number of likely N-dealkylation sites (N-methyl/N-ethyl adjacent to an activating group) is 1. The molecule has 2 N–H and O–H groups in total. The van der Waals surface area contributed by atoms with Crippen LogP contribution >= 0.6 is 0 Å². The third-order valence-corrected chi connectivity index (χ3v) is 4.63. The molecule has 0 saturated heterocycles. The number of esters is 1. The summed E-state index contributed by atoms with van der Waals surface area (Å²) in [6.45, 7) is 3.22. The van der Waals surface area contributed by atoms with Crippen LogP contribution in [-0.2, 0) is 14.3 Å². The molecule has 0 unspecified atom stereocenters.